The van der Waals surface area contributed by atoms with Crippen LogP contribution in [0.5, 0.6) is 0 Å². The SMILES string of the molecule is Cc1ccc(C(=O)O)cc1S(=O)(=O)NC(CCO)C(C)C. The predicted octanol–water partition coefficient (Wildman–Crippen LogP) is 1.38. The molecule has 21 heavy (non-hydrogen) atoms. The van der Waals surface area contributed by atoms with Gasteiger partial charge in [-0.3, -0.25) is 0 Å². The molecular weight excluding hydrogens is 294 g/mol. The average molecular weight is 315 g/mol. The van der Waals surface area contributed by atoms with Gasteiger partial charge in [-0.2, -0.15) is 0 Å². The van der Waals surface area contributed by atoms with Gasteiger partial charge in [-0.15, -0.1) is 0 Å². The summed E-state index contributed by atoms with van der Waals surface area (Å²) in [7, 11) is -3.84. The van der Waals surface area contributed by atoms with Crippen molar-refractivity contribution < 1.29 is 23.4 Å². The van der Waals surface area contributed by atoms with Gasteiger partial charge in [0.25, 0.3) is 0 Å². The maximum Gasteiger partial charge on any atom is 0.335 e. The van der Waals surface area contributed by atoms with Gasteiger partial charge < -0.3 is 10.2 Å². The zero-order valence-electron chi connectivity index (χ0n) is 12.3. The number of benzene rings is 1. The van der Waals surface area contributed by atoms with Crippen molar-refractivity contribution in [2.45, 2.75) is 38.1 Å². The third kappa shape index (κ3) is 4.52. The molecule has 0 fully saturated rings. The third-order valence-corrected chi connectivity index (χ3v) is 4.91. The smallest absolute Gasteiger partial charge is 0.335 e. The number of carboxylic acids is 1. The first-order valence-corrected chi connectivity index (χ1v) is 8.14. The van der Waals surface area contributed by atoms with Crippen molar-refractivity contribution in [2.24, 2.45) is 5.92 Å². The van der Waals surface area contributed by atoms with Crippen molar-refractivity contribution in [2.75, 3.05) is 6.61 Å². The first-order chi connectivity index (χ1) is 9.69. The fraction of sp³-hybridized carbons (Fsp3) is 0.500. The zero-order chi connectivity index (χ0) is 16.2. The summed E-state index contributed by atoms with van der Waals surface area (Å²) in [5.74, 6) is -1.17. The monoisotopic (exact) mass is 315 g/mol. The van der Waals surface area contributed by atoms with E-state index in [0.29, 0.717) is 12.0 Å². The number of sulfonamides is 1. The molecule has 1 unspecified atom stereocenters. The Labute approximate surface area is 124 Å². The molecule has 0 saturated heterocycles. The fourth-order valence-corrected chi connectivity index (χ4v) is 3.64. The van der Waals surface area contributed by atoms with Crippen molar-refractivity contribution in [3.8, 4) is 0 Å². The third-order valence-electron chi connectivity index (χ3n) is 3.28. The second-order valence-electron chi connectivity index (χ2n) is 5.27. The van der Waals surface area contributed by atoms with E-state index < -0.39 is 22.0 Å². The summed E-state index contributed by atoms with van der Waals surface area (Å²) < 4.78 is 27.4. The number of carbonyl (C=O) groups is 1. The number of aliphatic hydroxyl groups is 1. The Hall–Kier alpha value is -1.44. The molecule has 1 aromatic rings. The van der Waals surface area contributed by atoms with Gasteiger partial charge in [-0.1, -0.05) is 19.9 Å². The second-order valence-corrected chi connectivity index (χ2v) is 6.95. The lowest BCUT2D eigenvalue weighted by Crippen LogP contribution is -2.39. The van der Waals surface area contributed by atoms with Crippen LogP contribution in [-0.2, 0) is 10.0 Å². The van der Waals surface area contributed by atoms with Crippen LogP contribution in [-0.4, -0.2) is 37.2 Å². The highest BCUT2D eigenvalue weighted by Crippen LogP contribution is 2.19. The molecule has 1 aromatic carbocycles. The molecule has 1 atom stereocenters. The van der Waals surface area contributed by atoms with Gasteiger partial charge in [0.1, 0.15) is 0 Å². The van der Waals surface area contributed by atoms with Gasteiger partial charge in [-0.25, -0.2) is 17.9 Å². The number of aliphatic hydroxyl groups excluding tert-OH is 1. The molecule has 3 N–H and O–H groups in total. The molecule has 6 nitrogen and oxygen atoms in total. The molecule has 118 valence electrons. The Morgan fingerprint density at radius 2 is 1.95 bits per heavy atom. The van der Waals surface area contributed by atoms with E-state index in [9.17, 15) is 13.2 Å². The van der Waals surface area contributed by atoms with Crippen LogP contribution in [0.25, 0.3) is 0 Å². The van der Waals surface area contributed by atoms with Crippen LogP contribution in [0.4, 0.5) is 0 Å². The summed E-state index contributed by atoms with van der Waals surface area (Å²) in [5.41, 5.74) is 0.392. The molecule has 1 rings (SSSR count). The Bertz CT molecular complexity index is 610. The molecule has 0 aliphatic rings. The normalized spacial score (nSPS) is 13.4. The lowest BCUT2D eigenvalue weighted by Gasteiger charge is -2.22. The van der Waals surface area contributed by atoms with Gasteiger partial charge in [0, 0.05) is 12.6 Å². The molecule has 0 aliphatic carbocycles. The molecule has 0 aliphatic heterocycles. The van der Waals surface area contributed by atoms with E-state index in [0.717, 1.165) is 6.07 Å². The number of carboxylic acid groups (broad SMARTS) is 1. The van der Waals surface area contributed by atoms with Gasteiger partial charge in [0.05, 0.1) is 10.5 Å². The molecule has 7 heteroatoms. The second kappa shape index (κ2) is 7.02. The topological polar surface area (TPSA) is 104 Å². The molecule has 0 saturated carbocycles. The van der Waals surface area contributed by atoms with Gasteiger partial charge in [0.2, 0.25) is 10.0 Å². The van der Waals surface area contributed by atoms with Crippen molar-refractivity contribution in [3.05, 3.63) is 29.3 Å². The molecular formula is C14H21NO5S. The van der Waals surface area contributed by atoms with Crippen LogP contribution in [0, 0.1) is 12.8 Å². The average Bonchev–Trinajstić information content (AvgIpc) is 2.37. The van der Waals surface area contributed by atoms with Crippen molar-refractivity contribution >= 4 is 16.0 Å². The number of nitrogens with one attached hydrogen (secondary N) is 1. The van der Waals surface area contributed by atoms with Crippen molar-refractivity contribution in [1.29, 1.82) is 0 Å². The van der Waals surface area contributed by atoms with E-state index in [4.69, 9.17) is 10.2 Å². The van der Waals surface area contributed by atoms with Crippen molar-refractivity contribution in [1.82, 2.24) is 4.72 Å². The van der Waals surface area contributed by atoms with E-state index in [1.165, 1.54) is 12.1 Å². The number of rotatable bonds is 7. The number of aromatic carboxylic acids is 1. The highest BCUT2D eigenvalue weighted by Gasteiger charge is 2.24. The number of hydrogen-bond acceptors (Lipinski definition) is 4. The summed E-state index contributed by atoms with van der Waals surface area (Å²) >= 11 is 0. The Morgan fingerprint density at radius 1 is 1.33 bits per heavy atom. The lowest BCUT2D eigenvalue weighted by atomic mass is 10.0. The minimum Gasteiger partial charge on any atom is -0.478 e. The highest BCUT2D eigenvalue weighted by atomic mass is 32.2. The quantitative estimate of drug-likeness (QED) is 0.705. The van der Waals surface area contributed by atoms with Gasteiger partial charge >= 0.3 is 5.97 Å². The van der Waals surface area contributed by atoms with E-state index in [-0.39, 0.29) is 23.0 Å². The first-order valence-electron chi connectivity index (χ1n) is 6.66. The van der Waals surface area contributed by atoms with Gasteiger partial charge in [-0.05, 0) is 37.0 Å². The van der Waals surface area contributed by atoms with Crippen LogP contribution in [0.15, 0.2) is 23.1 Å². The molecule has 0 heterocycles. The minimum absolute atomic E-state index is 0.00916. The Balaban J connectivity index is 3.18. The summed E-state index contributed by atoms with van der Waals surface area (Å²) in [6, 6.07) is 3.57. The standard InChI is InChI=1S/C14H21NO5S/c1-9(2)12(6-7-16)15-21(19,20)13-8-11(14(17)18)5-4-10(13)3/h4-5,8-9,12,15-16H,6-7H2,1-3H3,(H,17,18). The Morgan fingerprint density at radius 3 is 2.43 bits per heavy atom. The minimum atomic E-state index is -3.84. The first kappa shape index (κ1) is 17.6. The maximum absolute atomic E-state index is 12.4. The summed E-state index contributed by atoms with van der Waals surface area (Å²) in [6.45, 7) is 5.18. The number of hydrogen-bond donors (Lipinski definition) is 3. The van der Waals surface area contributed by atoms with Crippen LogP contribution < -0.4 is 4.72 Å². The lowest BCUT2D eigenvalue weighted by molar-refractivity contribution is 0.0696. The predicted molar refractivity (Wildman–Crippen MR) is 78.8 cm³/mol. The van der Waals surface area contributed by atoms with Crippen LogP contribution >= 0.6 is 0 Å². The van der Waals surface area contributed by atoms with Crippen LogP contribution in [0.3, 0.4) is 0 Å². The largest absolute Gasteiger partial charge is 0.478 e. The highest BCUT2D eigenvalue weighted by molar-refractivity contribution is 7.89. The summed E-state index contributed by atoms with van der Waals surface area (Å²) in [5, 5.41) is 18.0. The van der Waals surface area contributed by atoms with E-state index in [2.05, 4.69) is 4.72 Å². The van der Waals surface area contributed by atoms with Gasteiger partial charge in [0.15, 0.2) is 0 Å². The van der Waals surface area contributed by atoms with E-state index in [1.807, 2.05) is 13.8 Å². The summed E-state index contributed by atoms with van der Waals surface area (Å²) in [4.78, 5) is 10.9. The Kier molecular flexibility index (Phi) is 5.88. The maximum atomic E-state index is 12.4. The van der Waals surface area contributed by atoms with Crippen LogP contribution in [0.2, 0.25) is 0 Å². The molecule has 0 bridgehead atoms. The molecule has 0 aromatic heterocycles. The summed E-state index contributed by atoms with van der Waals surface area (Å²) in [6.07, 6.45) is 0.300. The molecule has 0 radical (unpaired) electrons. The fourth-order valence-electron chi connectivity index (χ4n) is 1.95. The van der Waals surface area contributed by atoms with Crippen LogP contribution in [0.1, 0.15) is 36.2 Å². The molecule has 0 spiro atoms. The van der Waals surface area contributed by atoms with Crippen molar-refractivity contribution in [3.63, 3.8) is 0 Å². The zero-order valence-corrected chi connectivity index (χ0v) is 13.1. The van der Waals surface area contributed by atoms with E-state index >= 15 is 0 Å². The molecule has 0 amide bonds. The van der Waals surface area contributed by atoms with E-state index in [1.54, 1.807) is 6.92 Å². The number of aryl methyl sites for hydroxylation is 1.